The molecule has 0 aromatic rings. The predicted octanol–water partition coefficient (Wildman–Crippen LogP) is 1.82. The van der Waals surface area contributed by atoms with Gasteiger partial charge in [0.1, 0.15) is 6.17 Å². The van der Waals surface area contributed by atoms with Crippen molar-refractivity contribution in [2.45, 2.75) is 94.7 Å². The maximum Gasteiger partial charge on any atom is 0.237 e. The summed E-state index contributed by atoms with van der Waals surface area (Å²) < 4.78 is 14.3. The molecule has 0 radical (unpaired) electrons. The molecule has 2 saturated heterocycles. The molecule has 4 rings (SSSR count). The van der Waals surface area contributed by atoms with Gasteiger partial charge in [-0.1, -0.05) is 6.92 Å². The molecule has 2 aliphatic heterocycles. The summed E-state index contributed by atoms with van der Waals surface area (Å²) in [5, 5.41) is 10.6. The van der Waals surface area contributed by atoms with Crippen LogP contribution in [0, 0.1) is 11.8 Å². The van der Waals surface area contributed by atoms with E-state index in [1.54, 1.807) is 0 Å². The molecule has 8 atom stereocenters. The SMILES string of the molecule is CC1CCC(F)C2CC(C(=O)NC3CCCC(NC4CCN(C)C4)C3)NC12. The van der Waals surface area contributed by atoms with Crippen LogP contribution in [0.15, 0.2) is 0 Å². The normalized spacial score (nSPS) is 45.6. The maximum atomic E-state index is 14.3. The summed E-state index contributed by atoms with van der Waals surface area (Å²) in [7, 11) is 2.18. The summed E-state index contributed by atoms with van der Waals surface area (Å²) in [6.45, 7) is 4.49. The third-order valence-electron chi connectivity index (χ3n) is 7.54. The third kappa shape index (κ3) is 4.48. The van der Waals surface area contributed by atoms with Gasteiger partial charge >= 0.3 is 0 Å². The molecule has 5 nitrogen and oxygen atoms in total. The first-order chi connectivity index (χ1) is 13.0. The summed E-state index contributed by atoms with van der Waals surface area (Å²) in [5.74, 6) is 0.576. The molecule has 27 heavy (non-hydrogen) atoms. The van der Waals surface area contributed by atoms with Crippen LogP contribution in [0.4, 0.5) is 4.39 Å². The minimum atomic E-state index is -0.746. The molecule has 154 valence electrons. The molecule has 2 aliphatic carbocycles. The zero-order chi connectivity index (χ0) is 19.0. The van der Waals surface area contributed by atoms with E-state index in [-0.39, 0.29) is 30.0 Å². The lowest BCUT2D eigenvalue weighted by molar-refractivity contribution is -0.123. The van der Waals surface area contributed by atoms with E-state index < -0.39 is 6.17 Å². The Morgan fingerprint density at radius 2 is 1.89 bits per heavy atom. The van der Waals surface area contributed by atoms with Gasteiger partial charge in [0, 0.05) is 36.6 Å². The number of likely N-dealkylation sites (N-methyl/N-ethyl adjacent to an activating group) is 1. The van der Waals surface area contributed by atoms with E-state index >= 15 is 0 Å². The minimum absolute atomic E-state index is 0.0182. The Balaban J connectivity index is 1.26. The summed E-state index contributed by atoms with van der Waals surface area (Å²) >= 11 is 0. The quantitative estimate of drug-likeness (QED) is 0.696. The van der Waals surface area contributed by atoms with Crippen molar-refractivity contribution in [1.29, 1.82) is 0 Å². The van der Waals surface area contributed by atoms with Gasteiger partial charge in [0.2, 0.25) is 5.91 Å². The van der Waals surface area contributed by atoms with Gasteiger partial charge < -0.3 is 20.9 Å². The number of amides is 1. The van der Waals surface area contributed by atoms with Crippen LogP contribution in [-0.2, 0) is 4.79 Å². The number of nitrogens with one attached hydrogen (secondary N) is 3. The van der Waals surface area contributed by atoms with Gasteiger partial charge in [-0.25, -0.2) is 4.39 Å². The first-order valence-electron chi connectivity index (χ1n) is 11.1. The zero-order valence-corrected chi connectivity index (χ0v) is 16.9. The van der Waals surface area contributed by atoms with Gasteiger partial charge in [0.25, 0.3) is 0 Å². The Kier molecular flexibility index (Phi) is 6.05. The van der Waals surface area contributed by atoms with Crippen LogP contribution in [0.1, 0.15) is 58.3 Å². The predicted molar refractivity (Wildman–Crippen MR) is 105 cm³/mol. The van der Waals surface area contributed by atoms with E-state index in [1.807, 2.05) is 0 Å². The third-order valence-corrected chi connectivity index (χ3v) is 7.54. The number of carbonyl (C=O) groups is 1. The van der Waals surface area contributed by atoms with Crippen molar-refractivity contribution in [2.24, 2.45) is 11.8 Å². The zero-order valence-electron chi connectivity index (χ0n) is 16.9. The molecule has 0 aromatic heterocycles. The van der Waals surface area contributed by atoms with Gasteiger partial charge in [0.05, 0.1) is 6.04 Å². The molecular weight excluding hydrogens is 343 g/mol. The van der Waals surface area contributed by atoms with Crippen molar-refractivity contribution in [3.05, 3.63) is 0 Å². The van der Waals surface area contributed by atoms with E-state index in [2.05, 4.69) is 34.8 Å². The molecule has 1 amide bonds. The highest BCUT2D eigenvalue weighted by atomic mass is 19.1. The molecule has 6 heteroatoms. The smallest absolute Gasteiger partial charge is 0.237 e. The number of rotatable bonds is 4. The van der Waals surface area contributed by atoms with Crippen LogP contribution in [0.25, 0.3) is 0 Å². The highest BCUT2D eigenvalue weighted by molar-refractivity contribution is 5.82. The number of halogens is 1. The summed E-state index contributed by atoms with van der Waals surface area (Å²) in [4.78, 5) is 15.2. The van der Waals surface area contributed by atoms with E-state index in [0.29, 0.717) is 30.8 Å². The van der Waals surface area contributed by atoms with Crippen LogP contribution < -0.4 is 16.0 Å². The van der Waals surface area contributed by atoms with Crippen LogP contribution in [-0.4, -0.2) is 67.3 Å². The molecule has 3 N–H and O–H groups in total. The summed E-state index contributed by atoms with van der Waals surface area (Å²) in [6.07, 6.45) is 7.18. The Morgan fingerprint density at radius 1 is 1.07 bits per heavy atom. The average Bonchev–Trinajstić information content (AvgIpc) is 3.26. The van der Waals surface area contributed by atoms with Gasteiger partial charge in [-0.2, -0.15) is 0 Å². The van der Waals surface area contributed by atoms with Crippen LogP contribution in [0.5, 0.6) is 0 Å². The number of nitrogens with zero attached hydrogens (tertiary/aromatic N) is 1. The maximum absolute atomic E-state index is 14.3. The first-order valence-corrected chi connectivity index (χ1v) is 11.1. The lowest BCUT2D eigenvalue weighted by atomic mass is 9.77. The van der Waals surface area contributed by atoms with Crippen LogP contribution >= 0.6 is 0 Å². The highest BCUT2D eigenvalue weighted by Gasteiger charge is 2.46. The largest absolute Gasteiger partial charge is 0.352 e. The number of likely N-dealkylation sites (tertiary alicyclic amines) is 1. The number of fused-ring (bicyclic) bond motifs is 1. The van der Waals surface area contributed by atoms with Crippen molar-refractivity contribution < 1.29 is 9.18 Å². The Hall–Kier alpha value is -0.720. The summed E-state index contributed by atoms with van der Waals surface area (Å²) in [6, 6.07) is 1.32. The highest BCUT2D eigenvalue weighted by Crippen LogP contribution is 2.38. The first kappa shape index (κ1) is 19.6. The average molecular weight is 381 g/mol. The summed E-state index contributed by atoms with van der Waals surface area (Å²) in [5.41, 5.74) is 0. The molecule has 4 fully saturated rings. The fraction of sp³-hybridized carbons (Fsp3) is 0.952. The second kappa shape index (κ2) is 8.34. The lowest BCUT2D eigenvalue weighted by Crippen LogP contribution is -2.51. The fourth-order valence-corrected chi connectivity index (χ4v) is 5.98. The molecule has 2 saturated carbocycles. The second-order valence-corrected chi connectivity index (χ2v) is 9.70. The molecule has 0 aromatic carbocycles. The van der Waals surface area contributed by atoms with Crippen molar-refractivity contribution >= 4 is 5.91 Å². The topological polar surface area (TPSA) is 56.4 Å². The van der Waals surface area contributed by atoms with Crippen molar-refractivity contribution in [3.63, 3.8) is 0 Å². The Morgan fingerprint density at radius 3 is 2.63 bits per heavy atom. The van der Waals surface area contributed by atoms with Gasteiger partial charge in [-0.05, 0) is 70.9 Å². The molecule has 0 spiro atoms. The Bertz CT molecular complexity index is 514. The number of hydrogen-bond acceptors (Lipinski definition) is 4. The molecule has 4 aliphatic rings. The van der Waals surface area contributed by atoms with E-state index in [0.717, 1.165) is 32.2 Å². The molecule has 0 bridgehead atoms. The van der Waals surface area contributed by atoms with Crippen LogP contribution in [0.3, 0.4) is 0 Å². The van der Waals surface area contributed by atoms with Gasteiger partial charge in [0.15, 0.2) is 0 Å². The number of alkyl halides is 1. The van der Waals surface area contributed by atoms with Gasteiger partial charge in [-0.3, -0.25) is 4.79 Å². The van der Waals surface area contributed by atoms with Crippen molar-refractivity contribution in [2.75, 3.05) is 20.1 Å². The van der Waals surface area contributed by atoms with E-state index in [4.69, 9.17) is 0 Å². The van der Waals surface area contributed by atoms with Gasteiger partial charge in [-0.15, -0.1) is 0 Å². The Labute approximate surface area is 163 Å². The van der Waals surface area contributed by atoms with E-state index in [1.165, 1.54) is 19.4 Å². The minimum Gasteiger partial charge on any atom is -0.352 e. The standard InChI is InChI=1S/C21H37FN4O/c1-13-6-7-18(22)17-11-19(25-20(13)17)21(27)24-15-5-3-4-14(10-15)23-16-8-9-26(2)12-16/h13-20,23,25H,3-12H2,1-2H3,(H,24,27). The monoisotopic (exact) mass is 380 g/mol. The van der Waals surface area contributed by atoms with Crippen molar-refractivity contribution in [3.8, 4) is 0 Å². The van der Waals surface area contributed by atoms with Crippen LogP contribution in [0.2, 0.25) is 0 Å². The van der Waals surface area contributed by atoms with Crippen molar-refractivity contribution in [1.82, 2.24) is 20.9 Å². The second-order valence-electron chi connectivity index (χ2n) is 9.70. The lowest BCUT2D eigenvalue weighted by Gasteiger charge is -2.33. The fourth-order valence-electron chi connectivity index (χ4n) is 5.98. The molecular formula is C21H37FN4O. The van der Waals surface area contributed by atoms with E-state index in [9.17, 15) is 9.18 Å². The molecule has 8 unspecified atom stereocenters. The number of carbonyl (C=O) groups excluding carboxylic acids is 1. The number of hydrogen-bond donors (Lipinski definition) is 3. The molecule has 2 heterocycles.